The van der Waals surface area contributed by atoms with Crippen LogP contribution in [-0.4, -0.2) is 31.6 Å². The number of carbonyl (C=O) groups is 1. The maximum Gasteiger partial charge on any atom is 0.306 e. The first-order valence-corrected chi connectivity index (χ1v) is 6.55. The summed E-state index contributed by atoms with van der Waals surface area (Å²) in [7, 11) is 0. The molecule has 1 saturated carbocycles. The van der Waals surface area contributed by atoms with Gasteiger partial charge in [-0.1, -0.05) is 13.3 Å². The van der Waals surface area contributed by atoms with Gasteiger partial charge in [-0.2, -0.15) is 0 Å². The monoisotopic (exact) mass is 242 g/mol. The third-order valence-electron chi connectivity index (χ3n) is 4.00. The molecule has 0 aromatic rings. The maximum atomic E-state index is 11.7. The lowest BCUT2D eigenvalue weighted by atomic mass is 9.68. The zero-order valence-electron chi connectivity index (χ0n) is 10.8. The van der Waals surface area contributed by atoms with E-state index in [-0.39, 0.29) is 11.4 Å². The van der Waals surface area contributed by atoms with Crippen molar-refractivity contribution in [3.8, 4) is 0 Å². The third-order valence-corrected chi connectivity index (χ3v) is 4.00. The molecule has 1 heterocycles. The molecule has 98 valence electrons. The van der Waals surface area contributed by atoms with Gasteiger partial charge in [-0.3, -0.25) is 4.79 Å². The van der Waals surface area contributed by atoms with Crippen molar-refractivity contribution in [3.63, 3.8) is 0 Å². The fourth-order valence-electron chi connectivity index (χ4n) is 3.07. The van der Waals surface area contributed by atoms with Gasteiger partial charge in [-0.05, 0) is 19.8 Å². The highest BCUT2D eigenvalue weighted by molar-refractivity contribution is 5.70. The van der Waals surface area contributed by atoms with Gasteiger partial charge in [-0.25, -0.2) is 0 Å². The van der Waals surface area contributed by atoms with Crippen molar-refractivity contribution in [2.75, 3.05) is 19.8 Å². The van der Waals surface area contributed by atoms with Crippen LogP contribution in [0.5, 0.6) is 0 Å². The molecule has 0 aromatic carbocycles. The molecular formula is C13H22O4. The Kier molecular flexibility index (Phi) is 3.73. The van der Waals surface area contributed by atoms with Crippen LogP contribution in [0.1, 0.15) is 46.0 Å². The normalized spacial score (nSPS) is 31.6. The van der Waals surface area contributed by atoms with Crippen LogP contribution in [0.2, 0.25) is 0 Å². The van der Waals surface area contributed by atoms with E-state index in [1.165, 1.54) is 0 Å². The highest BCUT2D eigenvalue weighted by Crippen LogP contribution is 2.51. The highest BCUT2D eigenvalue weighted by Gasteiger charge is 2.55. The minimum Gasteiger partial charge on any atom is -0.466 e. The van der Waals surface area contributed by atoms with Crippen molar-refractivity contribution < 1.29 is 19.0 Å². The number of hydrogen-bond donors (Lipinski definition) is 0. The fourth-order valence-corrected chi connectivity index (χ4v) is 3.07. The molecular weight excluding hydrogens is 220 g/mol. The summed E-state index contributed by atoms with van der Waals surface area (Å²) in [6.07, 6.45) is 4.48. The van der Waals surface area contributed by atoms with Crippen LogP contribution in [0, 0.1) is 5.41 Å². The summed E-state index contributed by atoms with van der Waals surface area (Å²) in [5.74, 6) is -0.687. The first-order chi connectivity index (χ1) is 8.12. The summed E-state index contributed by atoms with van der Waals surface area (Å²) in [6.45, 7) is 5.63. The van der Waals surface area contributed by atoms with Crippen LogP contribution < -0.4 is 0 Å². The lowest BCUT2D eigenvalue weighted by molar-refractivity contribution is -0.253. The van der Waals surface area contributed by atoms with E-state index >= 15 is 0 Å². The molecule has 1 saturated heterocycles. The van der Waals surface area contributed by atoms with Gasteiger partial charge < -0.3 is 14.2 Å². The Balaban J connectivity index is 2.10. The van der Waals surface area contributed by atoms with Gasteiger partial charge in [0.15, 0.2) is 5.79 Å². The fraction of sp³-hybridized carbons (Fsp3) is 0.923. The van der Waals surface area contributed by atoms with Crippen molar-refractivity contribution in [2.45, 2.75) is 51.7 Å². The largest absolute Gasteiger partial charge is 0.466 e. The first kappa shape index (κ1) is 12.8. The molecule has 0 radical (unpaired) electrons. The number of carbonyl (C=O) groups excluding carboxylic acids is 1. The van der Waals surface area contributed by atoms with E-state index in [2.05, 4.69) is 6.92 Å². The molecule has 1 aliphatic carbocycles. The number of esters is 1. The van der Waals surface area contributed by atoms with Crippen LogP contribution in [0.4, 0.5) is 0 Å². The molecule has 4 heteroatoms. The molecule has 0 bridgehead atoms. The lowest BCUT2D eigenvalue weighted by Gasteiger charge is -2.47. The predicted molar refractivity (Wildman–Crippen MR) is 62.5 cm³/mol. The molecule has 1 spiro atoms. The Morgan fingerprint density at radius 1 is 1.24 bits per heavy atom. The minimum atomic E-state index is -0.544. The van der Waals surface area contributed by atoms with Crippen molar-refractivity contribution in [1.82, 2.24) is 0 Å². The summed E-state index contributed by atoms with van der Waals surface area (Å²) in [5.41, 5.74) is -0.242. The van der Waals surface area contributed by atoms with Crippen molar-refractivity contribution >= 4 is 5.97 Å². The number of rotatable bonds is 3. The van der Waals surface area contributed by atoms with Crippen LogP contribution >= 0.6 is 0 Å². The van der Waals surface area contributed by atoms with E-state index in [9.17, 15) is 4.79 Å². The Hall–Kier alpha value is -0.610. The van der Waals surface area contributed by atoms with E-state index in [0.29, 0.717) is 26.2 Å². The molecule has 4 nitrogen and oxygen atoms in total. The Morgan fingerprint density at radius 3 is 2.53 bits per heavy atom. The van der Waals surface area contributed by atoms with Crippen molar-refractivity contribution in [2.24, 2.45) is 5.41 Å². The van der Waals surface area contributed by atoms with Crippen LogP contribution in [-0.2, 0) is 19.0 Å². The molecule has 0 N–H and O–H groups in total. The summed E-state index contributed by atoms with van der Waals surface area (Å²) in [6, 6.07) is 0. The Morgan fingerprint density at radius 2 is 1.88 bits per heavy atom. The standard InChI is InChI=1S/C13H22O4/c1-3-15-11(14)10-12(2)6-4-5-7-13(12)16-8-9-17-13/h3-10H2,1-2H3. The SMILES string of the molecule is CCOC(=O)CC1(C)CCCCC12OCCO2. The van der Waals surface area contributed by atoms with Gasteiger partial charge in [0.25, 0.3) is 0 Å². The smallest absolute Gasteiger partial charge is 0.306 e. The van der Waals surface area contributed by atoms with Gasteiger partial charge in [0.05, 0.1) is 26.2 Å². The molecule has 17 heavy (non-hydrogen) atoms. The average molecular weight is 242 g/mol. The second-order valence-electron chi connectivity index (χ2n) is 5.20. The second-order valence-corrected chi connectivity index (χ2v) is 5.20. The predicted octanol–water partition coefficient (Wildman–Crippen LogP) is 2.26. The van der Waals surface area contributed by atoms with E-state index in [1.807, 2.05) is 6.92 Å². The topological polar surface area (TPSA) is 44.8 Å². The summed E-state index contributed by atoms with van der Waals surface area (Å²) >= 11 is 0. The maximum absolute atomic E-state index is 11.7. The Labute approximate surface area is 103 Å². The molecule has 0 amide bonds. The van der Waals surface area contributed by atoms with Crippen LogP contribution in [0.3, 0.4) is 0 Å². The molecule has 1 unspecified atom stereocenters. The van der Waals surface area contributed by atoms with Gasteiger partial charge >= 0.3 is 5.97 Å². The zero-order valence-corrected chi connectivity index (χ0v) is 10.8. The molecule has 1 atom stereocenters. The van der Waals surface area contributed by atoms with Gasteiger partial charge in [0.2, 0.25) is 0 Å². The summed E-state index contributed by atoms with van der Waals surface area (Å²) in [4.78, 5) is 11.7. The number of ether oxygens (including phenoxy) is 3. The molecule has 0 aromatic heterocycles. The number of hydrogen-bond acceptors (Lipinski definition) is 4. The van der Waals surface area contributed by atoms with E-state index in [4.69, 9.17) is 14.2 Å². The third kappa shape index (κ3) is 2.33. The van der Waals surface area contributed by atoms with Crippen LogP contribution in [0.15, 0.2) is 0 Å². The zero-order chi connectivity index (χ0) is 12.4. The summed E-state index contributed by atoms with van der Waals surface area (Å²) in [5, 5.41) is 0. The first-order valence-electron chi connectivity index (χ1n) is 6.55. The van der Waals surface area contributed by atoms with Gasteiger partial charge in [0.1, 0.15) is 0 Å². The van der Waals surface area contributed by atoms with Crippen molar-refractivity contribution in [1.29, 1.82) is 0 Å². The van der Waals surface area contributed by atoms with E-state index in [0.717, 1.165) is 25.7 Å². The van der Waals surface area contributed by atoms with Crippen LogP contribution in [0.25, 0.3) is 0 Å². The molecule has 2 fully saturated rings. The van der Waals surface area contributed by atoms with E-state index in [1.54, 1.807) is 0 Å². The molecule has 1 aliphatic heterocycles. The minimum absolute atomic E-state index is 0.143. The lowest BCUT2D eigenvalue weighted by Crippen LogP contribution is -2.51. The van der Waals surface area contributed by atoms with Gasteiger partial charge in [-0.15, -0.1) is 0 Å². The summed E-state index contributed by atoms with van der Waals surface area (Å²) < 4.78 is 16.8. The highest BCUT2D eigenvalue weighted by atomic mass is 16.7. The van der Waals surface area contributed by atoms with Gasteiger partial charge in [0, 0.05) is 11.8 Å². The second kappa shape index (κ2) is 4.94. The van der Waals surface area contributed by atoms with E-state index < -0.39 is 5.79 Å². The molecule has 2 rings (SSSR count). The average Bonchev–Trinajstić information content (AvgIpc) is 2.73. The quantitative estimate of drug-likeness (QED) is 0.712. The Bertz CT molecular complexity index is 283. The van der Waals surface area contributed by atoms with Crippen molar-refractivity contribution in [3.05, 3.63) is 0 Å². The molecule has 2 aliphatic rings.